The summed E-state index contributed by atoms with van der Waals surface area (Å²) in [6, 6.07) is 0. The van der Waals surface area contributed by atoms with Gasteiger partial charge in [-0.3, -0.25) is 4.79 Å². The first kappa shape index (κ1) is 17.5. The monoisotopic (exact) mass is 279 g/mol. The van der Waals surface area contributed by atoms with Crippen molar-refractivity contribution in [3.8, 4) is 0 Å². The summed E-state index contributed by atoms with van der Waals surface area (Å²) in [6.07, 6.45) is 1.22. The highest BCUT2D eigenvalue weighted by Crippen LogP contribution is 2.17. The van der Waals surface area contributed by atoms with E-state index in [9.17, 15) is 9.00 Å². The van der Waals surface area contributed by atoms with Crippen molar-refractivity contribution in [2.24, 2.45) is 0 Å². The Morgan fingerprint density at radius 2 is 1.83 bits per heavy atom. The summed E-state index contributed by atoms with van der Waals surface area (Å²) in [5.41, 5.74) is -0.730. The molecule has 0 fully saturated rings. The summed E-state index contributed by atoms with van der Waals surface area (Å²) >= 11 is -1.78. The lowest BCUT2D eigenvalue weighted by Crippen LogP contribution is -2.43. The zero-order chi connectivity index (χ0) is 14.4. The highest BCUT2D eigenvalue weighted by atomic mass is 32.2. The number of hydrogen-bond donors (Lipinski definition) is 2. The number of rotatable bonds is 8. The molecule has 108 valence electrons. The number of hydrogen-bond acceptors (Lipinski definition) is 3. The van der Waals surface area contributed by atoms with Crippen molar-refractivity contribution in [1.82, 2.24) is 5.32 Å². The predicted octanol–water partition coefficient (Wildman–Crippen LogP) is 1.70. The molecule has 18 heavy (non-hydrogen) atoms. The Labute approximate surface area is 112 Å². The maximum atomic E-state index is 11.0. The molecule has 5 nitrogen and oxygen atoms in total. The van der Waals surface area contributed by atoms with Gasteiger partial charge in [0.1, 0.15) is 0 Å². The number of carbonyl (C=O) groups excluding carboxylic acids is 1. The zero-order valence-electron chi connectivity index (χ0n) is 11.9. The number of amides is 1. The van der Waals surface area contributed by atoms with Crippen LogP contribution < -0.4 is 5.32 Å². The van der Waals surface area contributed by atoms with Gasteiger partial charge < -0.3 is 14.6 Å². The van der Waals surface area contributed by atoms with Gasteiger partial charge in [-0.05, 0) is 40.5 Å². The van der Waals surface area contributed by atoms with Gasteiger partial charge >= 0.3 is 0 Å². The van der Waals surface area contributed by atoms with Gasteiger partial charge in [-0.1, -0.05) is 0 Å². The van der Waals surface area contributed by atoms with E-state index in [1.165, 1.54) is 6.92 Å². The highest BCUT2D eigenvalue weighted by molar-refractivity contribution is 7.79. The number of carbonyl (C=O) groups is 1. The van der Waals surface area contributed by atoms with Crippen LogP contribution in [0.5, 0.6) is 0 Å². The third kappa shape index (κ3) is 9.56. The second kappa shape index (κ2) is 7.21. The molecule has 0 radical (unpaired) electrons. The van der Waals surface area contributed by atoms with Crippen molar-refractivity contribution < 1.29 is 18.3 Å². The van der Waals surface area contributed by atoms with Crippen LogP contribution in [0.15, 0.2) is 0 Å². The van der Waals surface area contributed by atoms with Gasteiger partial charge in [0, 0.05) is 19.1 Å². The van der Waals surface area contributed by atoms with E-state index in [1.54, 1.807) is 0 Å². The molecule has 0 aliphatic heterocycles. The molecule has 0 aliphatic carbocycles. The fourth-order valence-corrected chi connectivity index (χ4v) is 2.19. The number of nitrogens with one attached hydrogen (secondary N) is 1. The highest BCUT2D eigenvalue weighted by Gasteiger charge is 2.23. The van der Waals surface area contributed by atoms with Gasteiger partial charge in [0.25, 0.3) is 0 Å². The Morgan fingerprint density at radius 1 is 1.28 bits per heavy atom. The van der Waals surface area contributed by atoms with Gasteiger partial charge in [0.05, 0.1) is 11.4 Å². The van der Waals surface area contributed by atoms with Gasteiger partial charge in [-0.25, -0.2) is 4.21 Å². The lowest BCUT2D eigenvalue weighted by molar-refractivity contribution is -0.120. The van der Waals surface area contributed by atoms with E-state index in [0.717, 1.165) is 0 Å². The Morgan fingerprint density at radius 3 is 2.28 bits per heavy atom. The van der Waals surface area contributed by atoms with E-state index < -0.39 is 16.7 Å². The second-order valence-corrected chi connectivity index (χ2v) is 6.75. The molecular formula is C12H25NO4S. The van der Waals surface area contributed by atoms with E-state index in [4.69, 9.17) is 9.29 Å². The molecule has 0 saturated carbocycles. The molecule has 0 aromatic carbocycles. The third-order valence-corrected chi connectivity index (χ3v) is 3.17. The van der Waals surface area contributed by atoms with Crippen molar-refractivity contribution in [2.75, 3.05) is 12.4 Å². The predicted molar refractivity (Wildman–Crippen MR) is 72.8 cm³/mol. The molecule has 0 heterocycles. The van der Waals surface area contributed by atoms with Crippen LogP contribution in [0, 0.1) is 0 Å². The molecule has 0 aromatic rings. The van der Waals surface area contributed by atoms with E-state index in [0.29, 0.717) is 19.4 Å². The molecule has 0 aromatic heterocycles. The van der Waals surface area contributed by atoms with Crippen LogP contribution in [-0.2, 0) is 20.6 Å². The Hall–Kier alpha value is -0.460. The first-order valence-electron chi connectivity index (χ1n) is 6.04. The minimum absolute atomic E-state index is 0.0602. The van der Waals surface area contributed by atoms with Crippen LogP contribution in [-0.4, -0.2) is 38.2 Å². The Kier molecular flexibility index (Phi) is 7.02. The van der Waals surface area contributed by atoms with Crippen molar-refractivity contribution in [1.29, 1.82) is 0 Å². The van der Waals surface area contributed by atoms with Crippen LogP contribution in [0.3, 0.4) is 0 Å². The normalized spacial score (nSPS) is 14.3. The lowest BCUT2D eigenvalue weighted by Gasteiger charge is -2.29. The third-order valence-electron chi connectivity index (χ3n) is 2.61. The zero-order valence-corrected chi connectivity index (χ0v) is 12.7. The van der Waals surface area contributed by atoms with Gasteiger partial charge in [0.15, 0.2) is 11.1 Å². The van der Waals surface area contributed by atoms with Crippen LogP contribution in [0.4, 0.5) is 0 Å². The standard InChI is InChI=1S/C12H25NO4S/c1-10(14)13-11(2,3)6-8-17-12(4,5)7-9-18(15)16/h6-9H2,1-5H3,(H,13,14)(H,15,16). The fourth-order valence-electron chi connectivity index (χ4n) is 1.53. The van der Waals surface area contributed by atoms with E-state index in [1.807, 2.05) is 27.7 Å². The average Bonchev–Trinajstić information content (AvgIpc) is 2.12. The SMILES string of the molecule is CC(=O)NC(C)(C)CCOC(C)(C)CCS(=O)O. The Balaban J connectivity index is 4.01. The molecule has 0 spiro atoms. The number of ether oxygens (including phenoxy) is 1. The quantitative estimate of drug-likeness (QED) is 0.663. The van der Waals surface area contributed by atoms with Crippen molar-refractivity contribution in [2.45, 2.75) is 58.6 Å². The molecule has 0 rings (SSSR count). The molecule has 0 bridgehead atoms. The minimum Gasteiger partial charge on any atom is -0.375 e. The average molecular weight is 279 g/mol. The molecule has 1 unspecified atom stereocenters. The van der Waals surface area contributed by atoms with Gasteiger partial charge in [-0.15, -0.1) is 0 Å². The maximum Gasteiger partial charge on any atom is 0.217 e. The summed E-state index contributed by atoms with van der Waals surface area (Å²) in [5.74, 6) is 0.150. The van der Waals surface area contributed by atoms with E-state index >= 15 is 0 Å². The summed E-state index contributed by atoms with van der Waals surface area (Å²) in [5, 5.41) is 2.85. The van der Waals surface area contributed by atoms with Crippen LogP contribution in [0.2, 0.25) is 0 Å². The van der Waals surface area contributed by atoms with Crippen molar-refractivity contribution in [3.05, 3.63) is 0 Å². The van der Waals surface area contributed by atoms with Gasteiger partial charge in [-0.2, -0.15) is 0 Å². The largest absolute Gasteiger partial charge is 0.375 e. The summed E-state index contributed by atoms with van der Waals surface area (Å²) in [6.45, 7) is 9.65. The van der Waals surface area contributed by atoms with Crippen LogP contribution >= 0.6 is 0 Å². The molecule has 1 atom stereocenters. The molecule has 2 N–H and O–H groups in total. The molecule has 1 amide bonds. The van der Waals surface area contributed by atoms with Crippen LogP contribution in [0.1, 0.15) is 47.5 Å². The van der Waals surface area contributed by atoms with Crippen molar-refractivity contribution >= 4 is 17.0 Å². The topological polar surface area (TPSA) is 75.6 Å². The first-order valence-corrected chi connectivity index (χ1v) is 7.32. The van der Waals surface area contributed by atoms with E-state index in [2.05, 4.69) is 5.32 Å². The summed E-state index contributed by atoms with van der Waals surface area (Å²) < 4.78 is 25.0. The van der Waals surface area contributed by atoms with E-state index in [-0.39, 0.29) is 17.2 Å². The second-order valence-electron chi connectivity index (χ2n) is 5.70. The Bertz CT molecular complexity index is 302. The molecule has 0 aliphatic rings. The fraction of sp³-hybridized carbons (Fsp3) is 0.917. The molecule has 6 heteroatoms. The molecular weight excluding hydrogens is 254 g/mol. The lowest BCUT2D eigenvalue weighted by atomic mass is 10.0. The maximum absolute atomic E-state index is 11.0. The minimum atomic E-state index is -1.78. The first-order chi connectivity index (χ1) is 8.04. The summed E-state index contributed by atoms with van der Waals surface area (Å²) in [7, 11) is 0. The van der Waals surface area contributed by atoms with Crippen LogP contribution in [0.25, 0.3) is 0 Å². The summed E-state index contributed by atoms with van der Waals surface area (Å²) in [4.78, 5) is 11.0. The smallest absolute Gasteiger partial charge is 0.217 e. The molecule has 0 saturated heterocycles. The van der Waals surface area contributed by atoms with Crippen molar-refractivity contribution in [3.63, 3.8) is 0 Å². The van der Waals surface area contributed by atoms with Gasteiger partial charge in [0.2, 0.25) is 5.91 Å².